The molecule has 26 heavy (non-hydrogen) atoms. The van der Waals surface area contributed by atoms with E-state index >= 15 is 0 Å². The van der Waals surface area contributed by atoms with Gasteiger partial charge in [0.25, 0.3) is 0 Å². The minimum atomic E-state index is -0.0991. The zero-order valence-electron chi connectivity index (χ0n) is 15.3. The number of hydrogen-bond donors (Lipinski definition) is 3. The molecule has 2 aromatic rings. The Bertz CT molecular complexity index is 725. The van der Waals surface area contributed by atoms with Crippen molar-refractivity contribution in [2.75, 3.05) is 24.3 Å². The number of methoxy groups -OCH3 is 1. The summed E-state index contributed by atoms with van der Waals surface area (Å²) >= 11 is 0. The van der Waals surface area contributed by atoms with Crippen molar-refractivity contribution in [2.24, 2.45) is 5.92 Å². The van der Waals surface area contributed by atoms with Gasteiger partial charge in [-0.3, -0.25) is 9.59 Å². The number of ether oxygens (including phenoxy) is 1. The van der Waals surface area contributed by atoms with Crippen LogP contribution in [-0.4, -0.2) is 25.5 Å². The summed E-state index contributed by atoms with van der Waals surface area (Å²) in [5.74, 6) is 0.596. The molecule has 0 aliphatic rings. The molecular formula is C20H25N3O3. The summed E-state index contributed by atoms with van der Waals surface area (Å²) in [5.41, 5.74) is 2.55. The van der Waals surface area contributed by atoms with Crippen LogP contribution in [0.4, 0.5) is 11.4 Å². The highest BCUT2D eigenvalue weighted by Crippen LogP contribution is 2.14. The quantitative estimate of drug-likeness (QED) is 0.680. The lowest BCUT2D eigenvalue weighted by molar-refractivity contribution is -0.120. The van der Waals surface area contributed by atoms with Crippen molar-refractivity contribution in [1.82, 2.24) is 5.32 Å². The van der Waals surface area contributed by atoms with Gasteiger partial charge in [0.05, 0.1) is 13.7 Å². The van der Waals surface area contributed by atoms with Gasteiger partial charge in [-0.15, -0.1) is 0 Å². The third kappa shape index (κ3) is 6.12. The molecule has 2 rings (SSSR count). The van der Waals surface area contributed by atoms with Crippen LogP contribution < -0.4 is 20.7 Å². The molecule has 0 aliphatic carbocycles. The fraction of sp³-hybridized carbons (Fsp3) is 0.300. The molecule has 0 saturated heterocycles. The smallest absolute Gasteiger partial charge is 0.239 e. The molecule has 0 fully saturated rings. The molecular weight excluding hydrogens is 330 g/mol. The van der Waals surface area contributed by atoms with Crippen molar-refractivity contribution >= 4 is 23.2 Å². The summed E-state index contributed by atoms with van der Waals surface area (Å²) in [5, 5.41) is 8.74. The number of carbonyl (C=O) groups is 2. The highest BCUT2D eigenvalue weighted by Gasteiger charge is 2.07. The molecule has 0 bridgehead atoms. The van der Waals surface area contributed by atoms with E-state index in [1.807, 2.05) is 50.2 Å². The second kappa shape index (κ2) is 9.46. The minimum Gasteiger partial charge on any atom is -0.497 e. The van der Waals surface area contributed by atoms with Gasteiger partial charge in [0.2, 0.25) is 11.8 Å². The van der Waals surface area contributed by atoms with Crippen molar-refractivity contribution in [3.63, 3.8) is 0 Å². The fourth-order valence-corrected chi connectivity index (χ4v) is 2.15. The molecule has 2 amide bonds. The first kappa shape index (κ1) is 19.3. The fourth-order valence-electron chi connectivity index (χ4n) is 2.15. The number of benzene rings is 2. The molecule has 6 heteroatoms. The Morgan fingerprint density at radius 3 is 2.15 bits per heavy atom. The second-order valence-corrected chi connectivity index (χ2v) is 6.20. The summed E-state index contributed by atoms with van der Waals surface area (Å²) in [4.78, 5) is 23.6. The van der Waals surface area contributed by atoms with Crippen LogP contribution in [0.5, 0.6) is 5.75 Å². The van der Waals surface area contributed by atoms with Crippen molar-refractivity contribution in [3.05, 3.63) is 54.1 Å². The van der Waals surface area contributed by atoms with E-state index in [-0.39, 0.29) is 24.3 Å². The van der Waals surface area contributed by atoms with Gasteiger partial charge < -0.3 is 20.7 Å². The Balaban J connectivity index is 1.75. The van der Waals surface area contributed by atoms with Gasteiger partial charge in [-0.1, -0.05) is 26.0 Å². The largest absolute Gasteiger partial charge is 0.497 e. The number of anilines is 2. The number of nitrogens with one attached hydrogen (secondary N) is 3. The molecule has 0 atom stereocenters. The van der Waals surface area contributed by atoms with Gasteiger partial charge in [0.15, 0.2) is 0 Å². The molecule has 138 valence electrons. The van der Waals surface area contributed by atoms with Crippen LogP contribution in [0.15, 0.2) is 48.5 Å². The summed E-state index contributed by atoms with van der Waals surface area (Å²) in [6, 6.07) is 14.8. The predicted molar refractivity (Wildman–Crippen MR) is 103 cm³/mol. The van der Waals surface area contributed by atoms with Crippen molar-refractivity contribution < 1.29 is 14.3 Å². The topological polar surface area (TPSA) is 79.5 Å². The minimum absolute atomic E-state index is 0.0244. The number of amides is 2. The third-order valence-corrected chi connectivity index (χ3v) is 3.78. The number of hydrogen-bond acceptors (Lipinski definition) is 4. The van der Waals surface area contributed by atoms with Gasteiger partial charge >= 0.3 is 0 Å². The zero-order valence-corrected chi connectivity index (χ0v) is 15.3. The molecule has 3 N–H and O–H groups in total. The molecule has 0 radical (unpaired) electrons. The predicted octanol–water partition coefficient (Wildman–Crippen LogP) is 3.02. The Morgan fingerprint density at radius 2 is 1.58 bits per heavy atom. The Labute approximate surface area is 153 Å². The van der Waals surface area contributed by atoms with Gasteiger partial charge in [0, 0.05) is 23.8 Å². The van der Waals surface area contributed by atoms with Gasteiger partial charge in [-0.2, -0.15) is 0 Å². The molecule has 0 heterocycles. The maximum atomic E-state index is 11.9. The van der Waals surface area contributed by atoms with Crippen LogP contribution in [0.25, 0.3) is 0 Å². The van der Waals surface area contributed by atoms with E-state index in [4.69, 9.17) is 4.74 Å². The highest BCUT2D eigenvalue weighted by molar-refractivity contribution is 5.92. The number of carbonyl (C=O) groups excluding carboxylic acids is 2. The van der Waals surface area contributed by atoms with Crippen LogP contribution in [-0.2, 0) is 16.1 Å². The lowest BCUT2D eigenvalue weighted by Gasteiger charge is -2.10. The monoisotopic (exact) mass is 355 g/mol. The average Bonchev–Trinajstić information content (AvgIpc) is 2.66. The summed E-state index contributed by atoms with van der Waals surface area (Å²) < 4.78 is 5.10. The van der Waals surface area contributed by atoms with Crippen LogP contribution in [0.3, 0.4) is 0 Å². The number of rotatable bonds is 8. The first-order valence-corrected chi connectivity index (χ1v) is 8.52. The maximum Gasteiger partial charge on any atom is 0.239 e. The Morgan fingerprint density at radius 1 is 0.962 bits per heavy atom. The van der Waals surface area contributed by atoms with E-state index in [1.165, 1.54) is 0 Å². The first-order valence-electron chi connectivity index (χ1n) is 8.52. The van der Waals surface area contributed by atoms with Gasteiger partial charge in [0.1, 0.15) is 5.75 Å². The second-order valence-electron chi connectivity index (χ2n) is 6.20. The standard InChI is InChI=1S/C20H25N3O3/c1-14(2)20(25)23-17-8-6-16(7-9-17)21-13-19(24)22-12-15-4-10-18(26-3)11-5-15/h4-11,14,21H,12-13H2,1-3H3,(H,22,24)(H,23,25). The van der Waals surface area contributed by atoms with Crippen LogP contribution in [0, 0.1) is 5.92 Å². The first-order chi connectivity index (χ1) is 12.5. The van der Waals surface area contributed by atoms with E-state index in [1.54, 1.807) is 19.2 Å². The molecule has 0 saturated carbocycles. The summed E-state index contributed by atoms with van der Waals surface area (Å²) in [6.07, 6.45) is 0. The maximum absolute atomic E-state index is 11.9. The molecule has 0 aromatic heterocycles. The molecule has 6 nitrogen and oxygen atoms in total. The van der Waals surface area contributed by atoms with Crippen LogP contribution in [0.2, 0.25) is 0 Å². The lowest BCUT2D eigenvalue weighted by Crippen LogP contribution is -2.29. The van der Waals surface area contributed by atoms with Crippen LogP contribution >= 0.6 is 0 Å². The van der Waals surface area contributed by atoms with Gasteiger partial charge in [-0.25, -0.2) is 0 Å². The average molecular weight is 355 g/mol. The SMILES string of the molecule is COc1ccc(CNC(=O)CNc2ccc(NC(=O)C(C)C)cc2)cc1. The highest BCUT2D eigenvalue weighted by atomic mass is 16.5. The Hall–Kier alpha value is -3.02. The lowest BCUT2D eigenvalue weighted by atomic mass is 10.2. The van der Waals surface area contributed by atoms with E-state index in [2.05, 4.69) is 16.0 Å². The van der Waals surface area contributed by atoms with E-state index in [0.29, 0.717) is 6.54 Å². The summed E-state index contributed by atoms with van der Waals surface area (Å²) in [6.45, 7) is 4.32. The Kier molecular flexibility index (Phi) is 7.02. The van der Waals surface area contributed by atoms with Gasteiger partial charge in [-0.05, 0) is 42.0 Å². The molecule has 0 unspecified atom stereocenters. The van der Waals surface area contributed by atoms with Crippen LogP contribution in [0.1, 0.15) is 19.4 Å². The third-order valence-electron chi connectivity index (χ3n) is 3.78. The van der Waals surface area contributed by atoms with Crippen molar-refractivity contribution in [2.45, 2.75) is 20.4 Å². The van der Waals surface area contributed by atoms with Crippen molar-refractivity contribution in [3.8, 4) is 5.75 Å². The van der Waals surface area contributed by atoms with E-state index < -0.39 is 0 Å². The molecule has 0 spiro atoms. The normalized spacial score (nSPS) is 10.3. The van der Waals surface area contributed by atoms with Crippen molar-refractivity contribution in [1.29, 1.82) is 0 Å². The van der Waals surface area contributed by atoms with E-state index in [0.717, 1.165) is 22.7 Å². The zero-order chi connectivity index (χ0) is 18.9. The summed E-state index contributed by atoms with van der Waals surface area (Å²) in [7, 11) is 1.62. The molecule has 0 aliphatic heterocycles. The van der Waals surface area contributed by atoms with E-state index in [9.17, 15) is 9.59 Å². The molecule has 2 aromatic carbocycles.